The van der Waals surface area contributed by atoms with Crippen LogP contribution in [0.15, 0.2) is 36.4 Å². The number of rotatable bonds is 8. The summed E-state index contributed by atoms with van der Waals surface area (Å²) in [4.78, 5) is 30.8. The van der Waals surface area contributed by atoms with Crippen molar-refractivity contribution >= 4 is 25.2 Å². The predicted octanol–water partition coefficient (Wildman–Crippen LogP) is 3.66. The molecule has 2 aromatic rings. The first-order valence-corrected chi connectivity index (χ1v) is 10.6. The number of hydrogen-bond donors (Lipinski definition) is 0. The van der Waals surface area contributed by atoms with Crippen molar-refractivity contribution in [3.63, 3.8) is 0 Å². The summed E-state index contributed by atoms with van der Waals surface area (Å²) in [5.74, 6) is -0.466. The van der Waals surface area contributed by atoms with Crippen molar-refractivity contribution in [1.29, 1.82) is 0 Å². The van der Waals surface area contributed by atoms with E-state index in [0.717, 1.165) is 4.90 Å². The Morgan fingerprint density at radius 2 is 1.57 bits per heavy atom. The van der Waals surface area contributed by atoms with Gasteiger partial charge in [-0.3, -0.25) is 14.2 Å². The van der Waals surface area contributed by atoms with Crippen LogP contribution in [0.2, 0.25) is 0 Å². The van der Waals surface area contributed by atoms with Crippen LogP contribution in [0, 0.1) is 0 Å². The maximum atomic E-state index is 12.8. The number of pyridine rings is 1. The fourth-order valence-corrected chi connectivity index (χ4v) is 4.58. The second kappa shape index (κ2) is 8.22. The molecule has 2 amide bonds. The van der Waals surface area contributed by atoms with Crippen molar-refractivity contribution in [2.24, 2.45) is 0 Å². The molecule has 0 radical (unpaired) electrons. The molecule has 8 nitrogen and oxygen atoms in total. The van der Waals surface area contributed by atoms with E-state index in [1.165, 1.54) is 13.2 Å². The number of aromatic nitrogens is 1. The maximum Gasteiger partial charge on any atom is 0.336 e. The van der Waals surface area contributed by atoms with Crippen LogP contribution in [0.3, 0.4) is 0 Å². The topological polar surface area (TPSA) is 95.0 Å². The minimum absolute atomic E-state index is 0.0973. The number of benzene rings is 1. The summed E-state index contributed by atoms with van der Waals surface area (Å²) < 4.78 is 28.7. The fourth-order valence-electron chi connectivity index (χ4n) is 2.98. The van der Waals surface area contributed by atoms with Gasteiger partial charge in [-0.05, 0) is 26.0 Å². The van der Waals surface area contributed by atoms with Gasteiger partial charge < -0.3 is 13.8 Å². The van der Waals surface area contributed by atoms with Crippen LogP contribution in [0.25, 0.3) is 0 Å². The van der Waals surface area contributed by atoms with E-state index in [0.29, 0.717) is 22.6 Å². The molecule has 0 spiro atoms. The van der Waals surface area contributed by atoms with E-state index in [1.54, 1.807) is 44.2 Å². The van der Waals surface area contributed by atoms with E-state index in [4.69, 9.17) is 13.8 Å². The average Bonchev–Trinajstić information content (AvgIpc) is 2.92. The lowest BCUT2D eigenvalue weighted by molar-refractivity contribution is 0.0925. The molecule has 1 aliphatic heterocycles. The van der Waals surface area contributed by atoms with Gasteiger partial charge >= 0.3 is 7.60 Å². The van der Waals surface area contributed by atoms with Gasteiger partial charge in [0.25, 0.3) is 11.8 Å². The number of methoxy groups -OCH3 is 1. The smallest absolute Gasteiger partial charge is 0.336 e. The third kappa shape index (κ3) is 3.85. The molecular formula is C19H21N2O6P. The number of anilines is 1. The summed E-state index contributed by atoms with van der Waals surface area (Å²) in [5.41, 5.74) is 0.956. The normalized spacial score (nSPS) is 13.8. The zero-order chi connectivity index (χ0) is 20.3. The molecule has 1 aliphatic rings. The monoisotopic (exact) mass is 404 g/mol. The Labute approximate surface area is 163 Å². The Morgan fingerprint density at radius 1 is 1.00 bits per heavy atom. The number of fused-ring (bicyclic) bond motifs is 1. The number of carbonyl (C=O) groups is 2. The van der Waals surface area contributed by atoms with Crippen molar-refractivity contribution in [3.05, 3.63) is 53.2 Å². The molecule has 0 fully saturated rings. The SMILES string of the molecule is CCOP(=O)(Cc1cc(OC)cc(N2C(=O)c3ccccc3C2=O)n1)OCC. The van der Waals surface area contributed by atoms with Gasteiger partial charge in [-0.15, -0.1) is 0 Å². The third-order valence-electron chi connectivity index (χ3n) is 4.10. The zero-order valence-corrected chi connectivity index (χ0v) is 16.8. The molecule has 0 unspecified atom stereocenters. The molecular weight excluding hydrogens is 383 g/mol. The van der Waals surface area contributed by atoms with Crippen molar-refractivity contribution in [2.45, 2.75) is 20.0 Å². The van der Waals surface area contributed by atoms with Gasteiger partial charge in [-0.2, -0.15) is 0 Å². The second-order valence-corrected chi connectivity index (χ2v) is 8.01. The molecule has 28 heavy (non-hydrogen) atoms. The van der Waals surface area contributed by atoms with Gasteiger partial charge in [-0.1, -0.05) is 12.1 Å². The van der Waals surface area contributed by atoms with Gasteiger partial charge in [0.2, 0.25) is 0 Å². The van der Waals surface area contributed by atoms with E-state index in [-0.39, 0.29) is 25.2 Å². The summed E-state index contributed by atoms with van der Waals surface area (Å²) in [5, 5.41) is 0. The lowest BCUT2D eigenvalue weighted by Crippen LogP contribution is -2.30. The van der Waals surface area contributed by atoms with Gasteiger partial charge in [0.1, 0.15) is 11.6 Å². The predicted molar refractivity (Wildman–Crippen MR) is 103 cm³/mol. The summed E-state index contributed by atoms with van der Waals surface area (Å²) in [6.45, 7) is 3.86. The zero-order valence-electron chi connectivity index (χ0n) is 15.9. The maximum absolute atomic E-state index is 12.8. The molecule has 0 saturated heterocycles. The van der Waals surface area contributed by atoms with E-state index in [2.05, 4.69) is 4.98 Å². The van der Waals surface area contributed by atoms with Crippen LogP contribution in [-0.2, 0) is 19.8 Å². The van der Waals surface area contributed by atoms with Crippen molar-refractivity contribution in [3.8, 4) is 5.75 Å². The van der Waals surface area contributed by atoms with Crippen molar-refractivity contribution in [2.75, 3.05) is 25.2 Å². The third-order valence-corrected chi connectivity index (χ3v) is 6.12. The van der Waals surface area contributed by atoms with Crippen LogP contribution in [0.4, 0.5) is 5.82 Å². The number of carbonyl (C=O) groups excluding carboxylic acids is 2. The molecule has 0 atom stereocenters. The van der Waals surface area contributed by atoms with Crippen molar-refractivity contribution in [1.82, 2.24) is 4.98 Å². The van der Waals surface area contributed by atoms with Gasteiger partial charge in [0, 0.05) is 12.1 Å². The minimum Gasteiger partial charge on any atom is -0.497 e. The van der Waals surface area contributed by atoms with Crippen molar-refractivity contribution < 1.29 is 27.9 Å². The first-order chi connectivity index (χ1) is 13.4. The standard InChI is InChI=1S/C19H21N2O6P/c1-4-26-28(24,27-5-2)12-13-10-14(25-3)11-17(20-13)21-18(22)15-8-6-7-9-16(15)19(21)23/h6-11H,4-5,12H2,1-3H3. The fraction of sp³-hybridized carbons (Fsp3) is 0.316. The highest BCUT2D eigenvalue weighted by Gasteiger charge is 2.37. The Kier molecular flexibility index (Phi) is 5.93. The molecule has 148 valence electrons. The molecule has 0 aliphatic carbocycles. The first-order valence-electron chi connectivity index (χ1n) is 8.83. The molecule has 9 heteroatoms. The van der Waals surface area contributed by atoms with Crippen LogP contribution >= 0.6 is 7.60 Å². The summed E-state index contributed by atoms with van der Waals surface area (Å²) in [6, 6.07) is 9.63. The molecule has 1 aromatic heterocycles. The second-order valence-electron chi connectivity index (χ2n) is 5.95. The van der Waals surface area contributed by atoms with Crippen LogP contribution in [0.5, 0.6) is 5.75 Å². The lowest BCUT2D eigenvalue weighted by atomic mass is 10.1. The van der Waals surface area contributed by atoms with Crippen LogP contribution in [-0.4, -0.2) is 37.1 Å². The molecule has 3 rings (SSSR count). The van der Waals surface area contributed by atoms with Gasteiger partial charge in [0.05, 0.1) is 43.3 Å². The highest BCUT2D eigenvalue weighted by molar-refractivity contribution is 7.53. The Hall–Kier alpha value is -2.54. The number of hydrogen-bond acceptors (Lipinski definition) is 7. The Morgan fingerprint density at radius 3 is 2.07 bits per heavy atom. The molecule has 1 aromatic carbocycles. The molecule has 0 N–H and O–H groups in total. The number of nitrogens with zero attached hydrogens (tertiary/aromatic N) is 2. The highest BCUT2D eigenvalue weighted by Crippen LogP contribution is 2.51. The number of imide groups is 1. The molecule has 0 bridgehead atoms. The van der Waals surface area contributed by atoms with E-state index >= 15 is 0 Å². The lowest BCUT2D eigenvalue weighted by Gasteiger charge is -2.19. The summed E-state index contributed by atoms with van der Waals surface area (Å²) in [7, 11) is -1.96. The minimum atomic E-state index is -3.42. The molecule has 0 saturated carbocycles. The Balaban J connectivity index is 2.00. The van der Waals surface area contributed by atoms with E-state index in [9.17, 15) is 14.2 Å². The van der Waals surface area contributed by atoms with Gasteiger partial charge in [0.15, 0.2) is 0 Å². The van der Waals surface area contributed by atoms with Crippen LogP contribution in [0.1, 0.15) is 40.3 Å². The van der Waals surface area contributed by atoms with Crippen LogP contribution < -0.4 is 9.64 Å². The average molecular weight is 404 g/mol. The molecule has 2 heterocycles. The summed E-state index contributed by atoms with van der Waals surface area (Å²) >= 11 is 0. The first kappa shape index (κ1) is 20.2. The quantitative estimate of drug-likeness (QED) is 0.489. The van der Waals surface area contributed by atoms with E-state index in [1.807, 2.05) is 0 Å². The summed E-state index contributed by atoms with van der Waals surface area (Å²) in [6.07, 6.45) is -0.109. The number of amides is 2. The number of ether oxygens (including phenoxy) is 1. The van der Waals surface area contributed by atoms with Gasteiger partial charge in [-0.25, -0.2) is 9.88 Å². The Bertz CT molecular complexity index is 916. The highest BCUT2D eigenvalue weighted by atomic mass is 31.2. The largest absolute Gasteiger partial charge is 0.497 e. The van der Waals surface area contributed by atoms with E-state index < -0.39 is 19.4 Å².